The summed E-state index contributed by atoms with van der Waals surface area (Å²) >= 11 is 0. The Morgan fingerprint density at radius 1 is 1.23 bits per heavy atom. The smallest absolute Gasteiger partial charge is 0.312 e. The molecule has 2 rings (SSSR count). The van der Waals surface area contributed by atoms with E-state index in [2.05, 4.69) is 9.18 Å². The molecular formula is C17H25NO7S. The Bertz CT molecular complexity index is 719. The number of rotatable bonds is 9. The minimum absolute atomic E-state index is 0.0421. The van der Waals surface area contributed by atoms with Gasteiger partial charge in [-0.1, -0.05) is 19.3 Å². The fourth-order valence-electron chi connectivity index (χ4n) is 3.58. The van der Waals surface area contributed by atoms with Crippen molar-refractivity contribution in [3.05, 3.63) is 11.6 Å². The molecular weight excluding hydrogens is 362 g/mol. The molecule has 0 aromatic rings. The van der Waals surface area contributed by atoms with Gasteiger partial charge in [0.15, 0.2) is 5.78 Å². The molecule has 26 heavy (non-hydrogen) atoms. The number of ketones is 1. The van der Waals surface area contributed by atoms with Crippen molar-refractivity contribution in [1.29, 1.82) is 0 Å². The molecule has 1 saturated carbocycles. The van der Waals surface area contributed by atoms with E-state index in [9.17, 15) is 23.1 Å². The standard InChI is InChI=1S/C17H25NO7S/c1-16(17(15(20)21)6-4-3-5-7-17)10-13(11-18-16)14(19)12-24-8-9-25-26(2,22)23/h10-11H,3-9,12H2,1-2H3,(H,20,21). The van der Waals surface area contributed by atoms with Crippen LogP contribution in [0.5, 0.6) is 0 Å². The number of carbonyl (C=O) groups excluding carboxylic acids is 1. The monoisotopic (exact) mass is 387 g/mol. The molecule has 1 unspecified atom stereocenters. The summed E-state index contributed by atoms with van der Waals surface area (Å²) in [6.07, 6.45) is 7.72. The van der Waals surface area contributed by atoms with Gasteiger partial charge in [0.2, 0.25) is 0 Å². The van der Waals surface area contributed by atoms with Crippen LogP contribution in [0.2, 0.25) is 0 Å². The van der Waals surface area contributed by atoms with Crippen molar-refractivity contribution in [1.82, 2.24) is 0 Å². The van der Waals surface area contributed by atoms with Gasteiger partial charge in [0.1, 0.15) is 6.61 Å². The average Bonchev–Trinajstić information content (AvgIpc) is 2.98. The van der Waals surface area contributed by atoms with Crippen molar-refractivity contribution in [2.24, 2.45) is 10.4 Å². The number of ether oxygens (including phenoxy) is 1. The summed E-state index contributed by atoms with van der Waals surface area (Å²) in [6, 6.07) is 0. The molecule has 8 nitrogen and oxygen atoms in total. The number of Topliss-reactive ketones (excluding diaryl/α,β-unsaturated/α-hetero) is 1. The zero-order valence-corrected chi connectivity index (χ0v) is 15.9. The molecule has 0 bridgehead atoms. The first-order valence-electron chi connectivity index (χ1n) is 8.56. The second-order valence-corrected chi connectivity index (χ2v) is 8.60. The van der Waals surface area contributed by atoms with Crippen LogP contribution < -0.4 is 0 Å². The molecule has 1 aliphatic heterocycles. The second-order valence-electron chi connectivity index (χ2n) is 6.96. The van der Waals surface area contributed by atoms with Gasteiger partial charge in [-0.25, -0.2) is 0 Å². The van der Waals surface area contributed by atoms with Gasteiger partial charge >= 0.3 is 5.97 Å². The van der Waals surface area contributed by atoms with E-state index < -0.39 is 27.0 Å². The number of aliphatic imine (C=N–C) groups is 1. The lowest BCUT2D eigenvalue weighted by Crippen LogP contribution is -2.49. The number of carbonyl (C=O) groups is 2. The number of carboxylic acids is 1. The van der Waals surface area contributed by atoms with Crippen molar-refractivity contribution < 1.29 is 32.0 Å². The Balaban J connectivity index is 1.98. The largest absolute Gasteiger partial charge is 0.481 e. The van der Waals surface area contributed by atoms with Crippen molar-refractivity contribution >= 4 is 28.1 Å². The molecule has 2 aliphatic rings. The zero-order chi connectivity index (χ0) is 19.4. The normalized spacial score (nSPS) is 25.1. The lowest BCUT2D eigenvalue weighted by Gasteiger charge is -2.42. The van der Waals surface area contributed by atoms with Gasteiger partial charge in [-0.05, 0) is 25.8 Å². The summed E-state index contributed by atoms with van der Waals surface area (Å²) < 4.78 is 31.3. The molecule has 1 atom stereocenters. The minimum Gasteiger partial charge on any atom is -0.481 e. The van der Waals surface area contributed by atoms with Crippen LogP contribution in [0.1, 0.15) is 39.0 Å². The van der Waals surface area contributed by atoms with E-state index in [-0.39, 0.29) is 25.6 Å². The van der Waals surface area contributed by atoms with Crippen LogP contribution in [0.15, 0.2) is 16.6 Å². The third-order valence-electron chi connectivity index (χ3n) is 5.07. The maximum absolute atomic E-state index is 12.3. The summed E-state index contributed by atoms with van der Waals surface area (Å²) in [4.78, 5) is 28.6. The van der Waals surface area contributed by atoms with Crippen molar-refractivity contribution in [3.63, 3.8) is 0 Å². The second kappa shape index (κ2) is 7.98. The average molecular weight is 387 g/mol. The number of hydrogen-bond acceptors (Lipinski definition) is 7. The van der Waals surface area contributed by atoms with Gasteiger partial charge in [-0.2, -0.15) is 8.42 Å². The van der Waals surface area contributed by atoms with Crippen LogP contribution in [0.3, 0.4) is 0 Å². The highest BCUT2D eigenvalue weighted by molar-refractivity contribution is 7.85. The summed E-state index contributed by atoms with van der Waals surface area (Å²) in [5.41, 5.74) is -1.62. The maximum Gasteiger partial charge on any atom is 0.312 e. The summed E-state index contributed by atoms with van der Waals surface area (Å²) in [5.74, 6) is -1.20. The predicted octanol–water partition coefficient (Wildman–Crippen LogP) is 1.35. The summed E-state index contributed by atoms with van der Waals surface area (Å²) in [6.45, 7) is 1.30. The van der Waals surface area contributed by atoms with Gasteiger partial charge in [0.25, 0.3) is 10.1 Å². The van der Waals surface area contributed by atoms with E-state index in [1.807, 2.05) is 0 Å². The molecule has 1 fully saturated rings. The number of nitrogens with zero attached hydrogens (tertiary/aromatic N) is 1. The van der Waals surface area contributed by atoms with E-state index in [0.717, 1.165) is 25.5 Å². The molecule has 0 amide bonds. The lowest BCUT2D eigenvalue weighted by atomic mass is 9.62. The van der Waals surface area contributed by atoms with Crippen molar-refractivity contribution in [2.45, 2.75) is 44.6 Å². The highest BCUT2D eigenvalue weighted by atomic mass is 32.2. The Hall–Kier alpha value is -1.58. The van der Waals surface area contributed by atoms with Crippen LogP contribution in [0.4, 0.5) is 0 Å². The quantitative estimate of drug-likeness (QED) is 0.468. The molecule has 9 heteroatoms. The number of aliphatic carboxylic acids is 1. The Morgan fingerprint density at radius 3 is 2.46 bits per heavy atom. The highest BCUT2D eigenvalue weighted by Gasteiger charge is 2.54. The fourth-order valence-corrected chi connectivity index (χ4v) is 3.95. The SMILES string of the molecule is CC1(C2(C(=O)O)CCCCC2)C=C(C(=O)COCCOS(C)(=O)=O)C=N1. The van der Waals surface area contributed by atoms with Crippen LogP contribution >= 0.6 is 0 Å². The van der Waals surface area contributed by atoms with E-state index >= 15 is 0 Å². The van der Waals surface area contributed by atoms with E-state index in [1.165, 1.54) is 6.21 Å². The predicted molar refractivity (Wildman–Crippen MR) is 94.8 cm³/mol. The Kier molecular flexibility index (Phi) is 6.36. The number of carboxylic acid groups (broad SMARTS) is 1. The molecule has 1 N–H and O–H groups in total. The maximum atomic E-state index is 12.3. The van der Waals surface area contributed by atoms with Gasteiger partial charge in [0, 0.05) is 11.8 Å². The third-order valence-corrected chi connectivity index (χ3v) is 5.67. The van der Waals surface area contributed by atoms with E-state index in [1.54, 1.807) is 13.0 Å². The minimum atomic E-state index is -3.54. The Labute approximate surface area is 153 Å². The summed E-state index contributed by atoms with van der Waals surface area (Å²) in [5, 5.41) is 9.83. The first-order chi connectivity index (χ1) is 12.1. The molecule has 146 valence electrons. The fraction of sp³-hybridized carbons (Fsp3) is 0.706. The third kappa shape index (κ3) is 4.57. The first kappa shape index (κ1) is 20.7. The van der Waals surface area contributed by atoms with Crippen LogP contribution in [-0.4, -0.2) is 63.1 Å². The van der Waals surface area contributed by atoms with Crippen LogP contribution in [0.25, 0.3) is 0 Å². The summed E-state index contributed by atoms with van der Waals surface area (Å²) in [7, 11) is -3.54. The van der Waals surface area contributed by atoms with Gasteiger partial charge in [0.05, 0.1) is 30.4 Å². The molecule has 1 aliphatic carbocycles. The topological polar surface area (TPSA) is 119 Å². The molecule has 0 saturated heterocycles. The molecule has 0 aromatic heterocycles. The first-order valence-corrected chi connectivity index (χ1v) is 10.4. The van der Waals surface area contributed by atoms with E-state index in [4.69, 9.17) is 4.74 Å². The molecule has 0 radical (unpaired) electrons. The molecule has 0 aromatic carbocycles. The van der Waals surface area contributed by atoms with Crippen LogP contribution in [-0.2, 0) is 28.6 Å². The van der Waals surface area contributed by atoms with Gasteiger partial charge in [-0.15, -0.1) is 0 Å². The van der Waals surface area contributed by atoms with Crippen molar-refractivity contribution in [3.8, 4) is 0 Å². The van der Waals surface area contributed by atoms with Crippen molar-refractivity contribution in [2.75, 3.05) is 26.1 Å². The van der Waals surface area contributed by atoms with E-state index in [0.29, 0.717) is 18.4 Å². The molecule has 1 heterocycles. The van der Waals surface area contributed by atoms with Crippen LogP contribution in [0, 0.1) is 5.41 Å². The highest BCUT2D eigenvalue weighted by Crippen LogP contribution is 2.49. The number of hydrogen-bond donors (Lipinski definition) is 1. The van der Waals surface area contributed by atoms with Gasteiger partial charge in [-0.3, -0.25) is 18.8 Å². The van der Waals surface area contributed by atoms with Gasteiger partial charge < -0.3 is 9.84 Å². The Morgan fingerprint density at radius 2 is 1.88 bits per heavy atom. The zero-order valence-electron chi connectivity index (χ0n) is 15.1. The molecule has 0 spiro atoms. The lowest BCUT2D eigenvalue weighted by molar-refractivity contribution is -0.154.